The number of hydrogen-bond donors (Lipinski definition) is 1. The Kier molecular flexibility index (Phi) is 4.55. The molecule has 0 saturated carbocycles. The molecule has 0 radical (unpaired) electrons. The van der Waals surface area contributed by atoms with E-state index < -0.39 is 0 Å². The van der Waals surface area contributed by atoms with Crippen molar-refractivity contribution in [3.8, 4) is 0 Å². The Labute approximate surface area is 123 Å². The molecule has 1 N–H and O–H groups in total. The highest BCUT2D eigenvalue weighted by Gasteiger charge is 2.18. The third-order valence-corrected chi connectivity index (χ3v) is 4.26. The fourth-order valence-corrected chi connectivity index (χ4v) is 3.06. The predicted octanol–water partition coefficient (Wildman–Crippen LogP) is 4.98. The largest absolute Gasteiger partial charge is 0.372 e. The molecule has 0 aliphatic rings. The lowest BCUT2D eigenvalue weighted by molar-refractivity contribution is -0.384. The third kappa shape index (κ3) is 3.33. The molecule has 1 aromatic heterocycles. The molecule has 1 unspecified atom stereocenters. The van der Waals surface area contributed by atoms with Crippen molar-refractivity contribution in [2.24, 2.45) is 0 Å². The molecule has 0 saturated heterocycles. The van der Waals surface area contributed by atoms with Crippen molar-refractivity contribution in [1.82, 2.24) is 0 Å². The first kappa shape index (κ1) is 14.0. The van der Waals surface area contributed by atoms with Crippen LogP contribution in [0.2, 0.25) is 0 Å². The SMILES string of the molecule is CCC(Nc1cc(Br)ccc1[N+](=O)[O-])c1cccs1. The molecule has 19 heavy (non-hydrogen) atoms. The highest BCUT2D eigenvalue weighted by atomic mass is 79.9. The highest BCUT2D eigenvalue weighted by Crippen LogP contribution is 2.33. The van der Waals surface area contributed by atoms with E-state index in [4.69, 9.17) is 0 Å². The van der Waals surface area contributed by atoms with Gasteiger partial charge in [0.2, 0.25) is 0 Å². The molecule has 0 amide bonds. The summed E-state index contributed by atoms with van der Waals surface area (Å²) < 4.78 is 0.821. The fourth-order valence-electron chi connectivity index (χ4n) is 1.83. The van der Waals surface area contributed by atoms with Gasteiger partial charge in [-0.1, -0.05) is 28.9 Å². The number of anilines is 1. The fraction of sp³-hybridized carbons (Fsp3) is 0.231. The van der Waals surface area contributed by atoms with Crippen molar-refractivity contribution in [2.45, 2.75) is 19.4 Å². The van der Waals surface area contributed by atoms with E-state index >= 15 is 0 Å². The first-order chi connectivity index (χ1) is 9.11. The molecule has 0 fully saturated rings. The molecule has 0 aliphatic carbocycles. The molecule has 2 aromatic rings. The van der Waals surface area contributed by atoms with Crippen molar-refractivity contribution >= 4 is 38.6 Å². The van der Waals surface area contributed by atoms with E-state index in [-0.39, 0.29) is 16.7 Å². The Morgan fingerprint density at radius 3 is 2.84 bits per heavy atom. The van der Waals surface area contributed by atoms with Gasteiger partial charge in [-0.25, -0.2) is 0 Å². The van der Waals surface area contributed by atoms with Crippen LogP contribution in [0.15, 0.2) is 40.2 Å². The maximum atomic E-state index is 11.0. The molecule has 0 aliphatic heterocycles. The van der Waals surface area contributed by atoms with Crippen LogP contribution in [0.25, 0.3) is 0 Å². The monoisotopic (exact) mass is 340 g/mol. The van der Waals surface area contributed by atoms with E-state index in [9.17, 15) is 10.1 Å². The molecule has 100 valence electrons. The van der Waals surface area contributed by atoms with E-state index in [2.05, 4.69) is 28.2 Å². The van der Waals surface area contributed by atoms with Crippen molar-refractivity contribution in [1.29, 1.82) is 0 Å². The Balaban J connectivity index is 2.31. The van der Waals surface area contributed by atoms with Crippen molar-refractivity contribution in [3.63, 3.8) is 0 Å². The van der Waals surface area contributed by atoms with Crippen LogP contribution in [0.5, 0.6) is 0 Å². The summed E-state index contributed by atoms with van der Waals surface area (Å²) >= 11 is 5.00. The summed E-state index contributed by atoms with van der Waals surface area (Å²) in [5.41, 5.74) is 0.637. The Hall–Kier alpha value is -1.40. The lowest BCUT2D eigenvalue weighted by atomic mass is 10.1. The van der Waals surface area contributed by atoms with Crippen LogP contribution in [-0.2, 0) is 0 Å². The summed E-state index contributed by atoms with van der Waals surface area (Å²) in [4.78, 5) is 11.9. The van der Waals surface area contributed by atoms with Gasteiger partial charge in [-0.15, -0.1) is 11.3 Å². The number of nitro groups is 1. The predicted molar refractivity (Wildman–Crippen MR) is 81.8 cm³/mol. The van der Waals surface area contributed by atoms with Gasteiger partial charge in [0.25, 0.3) is 5.69 Å². The molecular weight excluding hydrogens is 328 g/mol. The number of hydrogen-bond acceptors (Lipinski definition) is 4. The topological polar surface area (TPSA) is 55.2 Å². The average molecular weight is 341 g/mol. The van der Waals surface area contributed by atoms with E-state index in [1.165, 1.54) is 10.9 Å². The summed E-state index contributed by atoms with van der Waals surface area (Å²) in [6.07, 6.45) is 0.865. The van der Waals surface area contributed by atoms with Crippen molar-refractivity contribution in [3.05, 3.63) is 55.2 Å². The first-order valence-corrected chi connectivity index (χ1v) is 7.53. The molecular formula is C13H13BrN2O2S. The number of rotatable bonds is 5. The van der Waals surface area contributed by atoms with Gasteiger partial charge in [0.1, 0.15) is 5.69 Å². The molecule has 1 atom stereocenters. The summed E-state index contributed by atoms with van der Waals surface area (Å²) in [7, 11) is 0. The minimum Gasteiger partial charge on any atom is -0.372 e. The second kappa shape index (κ2) is 6.16. The molecule has 1 aromatic carbocycles. The second-order valence-corrected chi connectivity index (χ2v) is 5.93. The third-order valence-electron chi connectivity index (χ3n) is 2.78. The molecule has 0 bridgehead atoms. The summed E-state index contributed by atoms with van der Waals surface area (Å²) in [6.45, 7) is 2.06. The van der Waals surface area contributed by atoms with Crippen LogP contribution in [-0.4, -0.2) is 4.92 Å². The average Bonchev–Trinajstić information content (AvgIpc) is 2.89. The van der Waals surface area contributed by atoms with Crippen LogP contribution in [0.4, 0.5) is 11.4 Å². The van der Waals surface area contributed by atoms with Crippen LogP contribution < -0.4 is 5.32 Å². The lowest BCUT2D eigenvalue weighted by Gasteiger charge is -2.17. The van der Waals surface area contributed by atoms with Gasteiger partial charge in [0.15, 0.2) is 0 Å². The Morgan fingerprint density at radius 2 is 2.26 bits per heavy atom. The highest BCUT2D eigenvalue weighted by molar-refractivity contribution is 9.10. The zero-order valence-corrected chi connectivity index (χ0v) is 12.7. The van der Waals surface area contributed by atoms with Gasteiger partial charge < -0.3 is 5.32 Å². The minimum absolute atomic E-state index is 0.0907. The van der Waals surface area contributed by atoms with Crippen LogP contribution in [0, 0.1) is 10.1 Å². The first-order valence-electron chi connectivity index (χ1n) is 5.85. The van der Waals surface area contributed by atoms with Gasteiger partial charge in [0, 0.05) is 15.4 Å². The number of nitrogens with zero attached hydrogens (tertiary/aromatic N) is 1. The summed E-state index contributed by atoms with van der Waals surface area (Å²) in [5.74, 6) is 0. The molecule has 2 rings (SSSR count). The van der Waals surface area contributed by atoms with Gasteiger partial charge in [-0.2, -0.15) is 0 Å². The summed E-state index contributed by atoms with van der Waals surface area (Å²) in [5, 5.41) is 16.3. The lowest BCUT2D eigenvalue weighted by Crippen LogP contribution is -2.09. The Morgan fingerprint density at radius 1 is 1.47 bits per heavy atom. The Bertz CT molecular complexity index is 572. The normalized spacial score (nSPS) is 12.1. The van der Waals surface area contributed by atoms with Crippen LogP contribution in [0.3, 0.4) is 0 Å². The number of nitro benzene ring substituents is 1. The second-order valence-electron chi connectivity index (χ2n) is 4.04. The maximum absolute atomic E-state index is 11.0. The number of nitrogens with one attached hydrogen (secondary N) is 1. The molecule has 1 heterocycles. The van der Waals surface area contributed by atoms with Crippen LogP contribution >= 0.6 is 27.3 Å². The zero-order chi connectivity index (χ0) is 13.8. The van der Waals surface area contributed by atoms with Crippen molar-refractivity contribution < 1.29 is 4.92 Å². The van der Waals surface area contributed by atoms with Gasteiger partial charge >= 0.3 is 0 Å². The molecule has 4 nitrogen and oxygen atoms in total. The molecule has 0 spiro atoms. The minimum atomic E-state index is -0.365. The van der Waals surface area contributed by atoms with Gasteiger partial charge in [-0.3, -0.25) is 10.1 Å². The smallest absolute Gasteiger partial charge is 0.292 e. The number of halogens is 1. The van der Waals surface area contributed by atoms with E-state index in [0.29, 0.717) is 5.69 Å². The number of benzene rings is 1. The summed E-state index contributed by atoms with van der Waals surface area (Å²) in [6, 6.07) is 9.04. The van der Waals surface area contributed by atoms with E-state index in [1.54, 1.807) is 23.5 Å². The van der Waals surface area contributed by atoms with Crippen LogP contribution in [0.1, 0.15) is 24.3 Å². The number of thiophene rings is 1. The van der Waals surface area contributed by atoms with Crippen molar-refractivity contribution in [2.75, 3.05) is 5.32 Å². The van der Waals surface area contributed by atoms with E-state index in [1.807, 2.05) is 17.5 Å². The quantitative estimate of drug-likeness (QED) is 0.616. The van der Waals surface area contributed by atoms with Gasteiger partial charge in [0.05, 0.1) is 11.0 Å². The van der Waals surface area contributed by atoms with E-state index in [0.717, 1.165) is 10.9 Å². The molecule has 6 heteroatoms. The van der Waals surface area contributed by atoms with Gasteiger partial charge in [-0.05, 0) is 30.0 Å². The maximum Gasteiger partial charge on any atom is 0.292 e. The standard InChI is InChI=1S/C13H13BrN2O2S/c1-2-10(13-4-3-7-19-13)15-11-8-9(14)5-6-12(11)16(17)18/h3-8,10,15H,2H2,1H3. The zero-order valence-electron chi connectivity index (χ0n) is 10.3.